The Morgan fingerprint density at radius 1 is 1.44 bits per heavy atom. The maximum Gasteiger partial charge on any atom is 0.142 e. The maximum atomic E-state index is 5.70. The molecule has 1 aliphatic heterocycles. The van der Waals surface area contributed by atoms with Crippen LogP contribution >= 0.6 is 0 Å². The Balaban J connectivity index is 1.88. The number of nitrogens with zero attached hydrogens (tertiary/aromatic N) is 1. The minimum Gasteiger partial charge on any atom is -0.495 e. The number of methoxy groups -OCH3 is 1. The third-order valence-electron chi connectivity index (χ3n) is 3.29. The van der Waals surface area contributed by atoms with Crippen molar-refractivity contribution in [3.05, 3.63) is 24.3 Å². The molecule has 1 heterocycles. The minimum absolute atomic E-state index is 0.330. The molecule has 4 nitrogen and oxygen atoms in total. The quantitative estimate of drug-likeness (QED) is 0.859. The first kappa shape index (κ1) is 13.2. The fourth-order valence-corrected chi connectivity index (χ4v) is 2.21. The highest BCUT2D eigenvalue weighted by Crippen LogP contribution is 2.26. The number of benzene rings is 1. The molecular formula is C14H22N2O2. The molecule has 18 heavy (non-hydrogen) atoms. The van der Waals surface area contributed by atoms with Crippen LogP contribution in [0.25, 0.3) is 0 Å². The minimum atomic E-state index is 0.330. The average molecular weight is 250 g/mol. The zero-order valence-electron chi connectivity index (χ0n) is 11.2. The molecule has 0 saturated carbocycles. The largest absolute Gasteiger partial charge is 0.495 e. The summed E-state index contributed by atoms with van der Waals surface area (Å²) >= 11 is 0. The summed E-state index contributed by atoms with van der Waals surface area (Å²) in [6, 6.07) is 8.10. The van der Waals surface area contributed by atoms with Crippen LogP contribution in [0.5, 0.6) is 5.75 Å². The van der Waals surface area contributed by atoms with E-state index >= 15 is 0 Å². The second-order valence-electron chi connectivity index (χ2n) is 4.58. The Bertz CT molecular complexity index is 365. The molecule has 0 amide bonds. The van der Waals surface area contributed by atoms with E-state index in [0.29, 0.717) is 6.10 Å². The molecule has 1 unspecified atom stereocenters. The van der Waals surface area contributed by atoms with E-state index in [1.807, 2.05) is 18.2 Å². The molecule has 1 N–H and O–H groups in total. The van der Waals surface area contributed by atoms with Crippen LogP contribution in [-0.4, -0.2) is 46.5 Å². The summed E-state index contributed by atoms with van der Waals surface area (Å²) in [5.41, 5.74) is 1.13. The van der Waals surface area contributed by atoms with Crippen molar-refractivity contribution in [3.8, 4) is 5.75 Å². The molecule has 1 aromatic carbocycles. The Morgan fingerprint density at radius 3 is 3.00 bits per heavy atom. The second kappa shape index (κ2) is 6.61. The average Bonchev–Trinajstić information content (AvgIpc) is 2.45. The van der Waals surface area contributed by atoms with Gasteiger partial charge in [-0.15, -0.1) is 0 Å². The third kappa shape index (κ3) is 3.37. The zero-order chi connectivity index (χ0) is 12.8. The van der Waals surface area contributed by atoms with Crippen molar-refractivity contribution < 1.29 is 9.47 Å². The van der Waals surface area contributed by atoms with Crippen LogP contribution in [0.15, 0.2) is 24.3 Å². The van der Waals surface area contributed by atoms with Gasteiger partial charge in [-0.3, -0.25) is 0 Å². The number of hydrogen-bond acceptors (Lipinski definition) is 4. The molecule has 0 aromatic heterocycles. The summed E-state index contributed by atoms with van der Waals surface area (Å²) < 4.78 is 11.1. The molecule has 100 valence electrons. The van der Waals surface area contributed by atoms with Gasteiger partial charge in [0.05, 0.1) is 25.5 Å². The van der Waals surface area contributed by atoms with Crippen molar-refractivity contribution in [2.75, 3.05) is 45.3 Å². The van der Waals surface area contributed by atoms with Gasteiger partial charge < -0.3 is 19.7 Å². The van der Waals surface area contributed by atoms with Gasteiger partial charge in [-0.2, -0.15) is 0 Å². The molecule has 2 rings (SSSR count). The third-order valence-corrected chi connectivity index (χ3v) is 3.29. The summed E-state index contributed by atoms with van der Waals surface area (Å²) in [5.74, 6) is 0.919. The van der Waals surface area contributed by atoms with Crippen molar-refractivity contribution >= 4 is 5.69 Å². The fraction of sp³-hybridized carbons (Fsp3) is 0.571. The lowest BCUT2D eigenvalue weighted by Crippen LogP contribution is -2.40. The Kier molecular flexibility index (Phi) is 4.84. The molecule has 0 aliphatic carbocycles. The van der Waals surface area contributed by atoms with Gasteiger partial charge in [0, 0.05) is 26.7 Å². The first-order chi connectivity index (χ1) is 8.81. The highest BCUT2D eigenvalue weighted by atomic mass is 16.5. The predicted molar refractivity (Wildman–Crippen MR) is 73.5 cm³/mol. The molecule has 1 fully saturated rings. The van der Waals surface area contributed by atoms with E-state index < -0.39 is 0 Å². The van der Waals surface area contributed by atoms with Gasteiger partial charge in [0.15, 0.2) is 0 Å². The highest BCUT2D eigenvalue weighted by molar-refractivity contribution is 5.57. The van der Waals surface area contributed by atoms with E-state index in [-0.39, 0.29) is 0 Å². The van der Waals surface area contributed by atoms with E-state index in [1.54, 1.807) is 7.11 Å². The van der Waals surface area contributed by atoms with Gasteiger partial charge in [0.1, 0.15) is 5.75 Å². The molecule has 0 spiro atoms. The van der Waals surface area contributed by atoms with Crippen molar-refractivity contribution in [3.63, 3.8) is 0 Å². The van der Waals surface area contributed by atoms with Crippen LogP contribution in [0.4, 0.5) is 5.69 Å². The van der Waals surface area contributed by atoms with Crippen molar-refractivity contribution in [2.45, 2.75) is 12.5 Å². The van der Waals surface area contributed by atoms with Crippen LogP contribution in [-0.2, 0) is 4.74 Å². The molecule has 0 radical (unpaired) electrons. The van der Waals surface area contributed by atoms with E-state index in [4.69, 9.17) is 9.47 Å². The van der Waals surface area contributed by atoms with E-state index in [2.05, 4.69) is 23.3 Å². The zero-order valence-corrected chi connectivity index (χ0v) is 11.2. The van der Waals surface area contributed by atoms with E-state index in [9.17, 15) is 0 Å². The molecular weight excluding hydrogens is 228 g/mol. The standard InChI is InChI=1S/C14H22N2O2/c1-16(9-7-12-11-15-8-10-18-12)13-5-3-4-6-14(13)17-2/h3-6,12,15H,7-11H2,1-2H3. The summed E-state index contributed by atoms with van der Waals surface area (Å²) in [4.78, 5) is 2.22. The summed E-state index contributed by atoms with van der Waals surface area (Å²) in [5, 5.41) is 3.35. The predicted octanol–water partition coefficient (Wildman–Crippen LogP) is 1.51. The Morgan fingerprint density at radius 2 is 2.28 bits per heavy atom. The number of ether oxygens (including phenoxy) is 2. The first-order valence-corrected chi connectivity index (χ1v) is 6.47. The number of nitrogens with one attached hydrogen (secondary N) is 1. The Hall–Kier alpha value is -1.26. The lowest BCUT2D eigenvalue weighted by molar-refractivity contribution is 0.0250. The molecule has 0 bridgehead atoms. The molecule has 4 heteroatoms. The number of para-hydroxylation sites is 2. The van der Waals surface area contributed by atoms with Crippen LogP contribution < -0.4 is 15.0 Å². The molecule has 1 atom stereocenters. The van der Waals surface area contributed by atoms with Crippen LogP contribution in [0.3, 0.4) is 0 Å². The second-order valence-corrected chi connectivity index (χ2v) is 4.58. The first-order valence-electron chi connectivity index (χ1n) is 6.47. The Labute approximate surface area is 109 Å². The van der Waals surface area contributed by atoms with Crippen LogP contribution in [0.1, 0.15) is 6.42 Å². The molecule has 1 saturated heterocycles. The van der Waals surface area contributed by atoms with E-state index in [0.717, 1.165) is 44.1 Å². The maximum absolute atomic E-state index is 5.70. The van der Waals surface area contributed by atoms with Gasteiger partial charge in [-0.25, -0.2) is 0 Å². The van der Waals surface area contributed by atoms with Gasteiger partial charge in [-0.05, 0) is 18.6 Å². The van der Waals surface area contributed by atoms with Crippen molar-refractivity contribution in [1.82, 2.24) is 5.32 Å². The number of morpholine rings is 1. The van der Waals surface area contributed by atoms with Crippen LogP contribution in [0, 0.1) is 0 Å². The lowest BCUT2D eigenvalue weighted by atomic mass is 10.2. The van der Waals surface area contributed by atoms with Gasteiger partial charge in [-0.1, -0.05) is 12.1 Å². The normalized spacial score (nSPS) is 19.6. The smallest absolute Gasteiger partial charge is 0.142 e. The fourth-order valence-electron chi connectivity index (χ4n) is 2.21. The van der Waals surface area contributed by atoms with Gasteiger partial charge in [0.2, 0.25) is 0 Å². The number of rotatable bonds is 5. The van der Waals surface area contributed by atoms with E-state index in [1.165, 1.54) is 0 Å². The van der Waals surface area contributed by atoms with Gasteiger partial charge in [0.25, 0.3) is 0 Å². The van der Waals surface area contributed by atoms with Gasteiger partial charge >= 0.3 is 0 Å². The monoisotopic (exact) mass is 250 g/mol. The summed E-state index contributed by atoms with van der Waals surface area (Å²) in [6.07, 6.45) is 1.36. The number of anilines is 1. The summed E-state index contributed by atoms with van der Waals surface area (Å²) in [6.45, 7) is 3.72. The number of hydrogen-bond donors (Lipinski definition) is 1. The van der Waals surface area contributed by atoms with Crippen molar-refractivity contribution in [1.29, 1.82) is 0 Å². The van der Waals surface area contributed by atoms with Crippen LogP contribution in [0.2, 0.25) is 0 Å². The van der Waals surface area contributed by atoms with Crippen molar-refractivity contribution in [2.24, 2.45) is 0 Å². The summed E-state index contributed by atoms with van der Waals surface area (Å²) in [7, 11) is 3.80. The highest BCUT2D eigenvalue weighted by Gasteiger charge is 2.15. The molecule has 1 aromatic rings. The topological polar surface area (TPSA) is 33.7 Å². The SMILES string of the molecule is COc1ccccc1N(C)CCC1CNCCO1. The molecule has 1 aliphatic rings. The lowest BCUT2D eigenvalue weighted by Gasteiger charge is -2.27.